The third-order valence-electron chi connectivity index (χ3n) is 5.30. The fourth-order valence-electron chi connectivity index (χ4n) is 3.66. The highest BCUT2D eigenvalue weighted by Gasteiger charge is 2.37. The number of aromatic nitrogens is 2. The van der Waals surface area contributed by atoms with Gasteiger partial charge in [0, 0.05) is 42.9 Å². The Hall–Kier alpha value is -3.70. The maximum Gasteiger partial charge on any atom is 0.328 e. The van der Waals surface area contributed by atoms with E-state index in [0.29, 0.717) is 24.2 Å². The van der Waals surface area contributed by atoms with E-state index in [0.717, 1.165) is 30.2 Å². The molecule has 2 aliphatic rings. The van der Waals surface area contributed by atoms with Crippen LogP contribution in [0.2, 0.25) is 0 Å². The molecule has 0 aliphatic carbocycles. The van der Waals surface area contributed by atoms with Crippen molar-refractivity contribution in [3.63, 3.8) is 0 Å². The van der Waals surface area contributed by atoms with Crippen molar-refractivity contribution in [3.8, 4) is 11.8 Å². The minimum absolute atomic E-state index is 0.558. The van der Waals surface area contributed by atoms with E-state index in [1.807, 2.05) is 42.5 Å². The number of aliphatic carboxylic acids is 2. The Labute approximate surface area is 180 Å². The number of piperazine rings is 1. The molecule has 2 aliphatic heterocycles. The molecule has 0 radical (unpaired) electrons. The SMILES string of the molecule is CN1C2CCC1CN(c1ccc(C#Cc3ccccc3)nn1)C2.O=C(O)/C=C/C(=O)O. The van der Waals surface area contributed by atoms with Crippen LogP contribution in [0.15, 0.2) is 54.6 Å². The molecule has 1 aromatic heterocycles. The molecule has 2 atom stereocenters. The van der Waals surface area contributed by atoms with Gasteiger partial charge >= 0.3 is 11.9 Å². The standard InChI is InChI=1S/C19H20N4.C4H4O4/c1-22-17-10-11-18(22)14-23(13-17)19-12-9-16(20-21-19)8-7-15-5-3-2-4-6-15;5-3(6)1-2-4(7)8/h2-6,9,12,17-18H,10-11,13-14H2,1H3;1-2H,(H,5,6)(H,7,8)/b;2-1+. The summed E-state index contributed by atoms with van der Waals surface area (Å²) in [6.07, 6.45) is 3.71. The first-order valence-corrected chi connectivity index (χ1v) is 9.94. The predicted molar refractivity (Wildman–Crippen MR) is 116 cm³/mol. The van der Waals surface area contributed by atoms with Gasteiger partial charge in [-0.3, -0.25) is 4.90 Å². The molecule has 8 nitrogen and oxygen atoms in total. The maximum absolute atomic E-state index is 9.55. The summed E-state index contributed by atoms with van der Waals surface area (Å²) in [5.74, 6) is 4.65. The number of rotatable bonds is 3. The van der Waals surface area contributed by atoms with Crippen LogP contribution in [0, 0.1) is 11.8 Å². The molecule has 2 N–H and O–H groups in total. The lowest BCUT2D eigenvalue weighted by atomic mass is 10.2. The zero-order valence-electron chi connectivity index (χ0n) is 17.2. The second kappa shape index (κ2) is 10.4. The number of carboxylic acids is 2. The van der Waals surface area contributed by atoms with Crippen LogP contribution in [-0.4, -0.2) is 69.5 Å². The molecule has 3 heterocycles. The van der Waals surface area contributed by atoms with Gasteiger partial charge in [0.25, 0.3) is 0 Å². The van der Waals surface area contributed by atoms with Crippen molar-refractivity contribution in [1.82, 2.24) is 15.1 Å². The van der Waals surface area contributed by atoms with E-state index >= 15 is 0 Å². The third kappa shape index (κ3) is 6.39. The number of carbonyl (C=O) groups is 2. The summed E-state index contributed by atoms with van der Waals surface area (Å²) in [5.41, 5.74) is 1.71. The van der Waals surface area contributed by atoms with Gasteiger partial charge in [-0.2, -0.15) is 0 Å². The Kier molecular flexibility index (Phi) is 7.35. The van der Waals surface area contributed by atoms with Crippen molar-refractivity contribution in [1.29, 1.82) is 0 Å². The first kappa shape index (κ1) is 22.0. The van der Waals surface area contributed by atoms with Crippen molar-refractivity contribution < 1.29 is 19.8 Å². The summed E-state index contributed by atoms with van der Waals surface area (Å²) in [6, 6.07) is 15.3. The zero-order valence-corrected chi connectivity index (χ0v) is 17.2. The van der Waals surface area contributed by atoms with E-state index in [-0.39, 0.29) is 0 Å². The maximum atomic E-state index is 9.55. The van der Waals surface area contributed by atoms with Gasteiger partial charge in [0.05, 0.1) is 0 Å². The number of anilines is 1. The van der Waals surface area contributed by atoms with Crippen LogP contribution in [0.5, 0.6) is 0 Å². The molecule has 2 aromatic rings. The lowest BCUT2D eigenvalue weighted by molar-refractivity contribution is -0.134. The average molecular weight is 420 g/mol. The summed E-state index contributed by atoms with van der Waals surface area (Å²) < 4.78 is 0. The molecule has 31 heavy (non-hydrogen) atoms. The summed E-state index contributed by atoms with van der Waals surface area (Å²) in [7, 11) is 2.24. The van der Waals surface area contributed by atoms with Crippen LogP contribution in [0.4, 0.5) is 5.82 Å². The van der Waals surface area contributed by atoms with Gasteiger partial charge < -0.3 is 15.1 Å². The highest BCUT2D eigenvalue weighted by Crippen LogP contribution is 2.30. The highest BCUT2D eigenvalue weighted by molar-refractivity contribution is 5.89. The summed E-state index contributed by atoms with van der Waals surface area (Å²) >= 11 is 0. The molecule has 2 bridgehead atoms. The van der Waals surface area contributed by atoms with E-state index in [2.05, 4.69) is 38.9 Å². The monoisotopic (exact) mass is 420 g/mol. The Morgan fingerprint density at radius 3 is 2.06 bits per heavy atom. The summed E-state index contributed by atoms with van der Waals surface area (Å²) in [6.45, 7) is 2.10. The Morgan fingerprint density at radius 2 is 1.55 bits per heavy atom. The van der Waals surface area contributed by atoms with E-state index < -0.39 is 11.9 Å². The van der Waals surface area contributed by atoms with Gasteiger partial charge in [0.1, 0.15) is 5.69 Å². The molecule has 0 spiro atoms. The van der Waals surface area contributed by atoms with E-state index in [4.69, 9.17) is 10.2 Å². The summed E-state index contributed by atoms with van der Waals surface area (Å²) in [4.78, 5) is 24.0. The van der Waals surface area contributed by atoms with Gasteiger partial charge in [0.2, 0.25) is 0 Å². The number of benzene rings is 1. The molecule has 2 saturated heterocycles. The molecular weight excluding hydrogens is 396 g/mol. The molecule has 2 fully saturated rings. The Balaban J connectivity index is 0.000000293. The second-order valence-corrected chi connectivity index (χ2v) is 7.36. The normalized spacial score (nSPS) is 19.8. The molecule has 0 amide bonds. The number of hydrogen-bond donors (Lipinski definition) is 2. The lowest BCUT2D eigenvalue weighted by Gasteiger charge is -2.39. The minimum Gasteiger partial charge on any atom is -0.478 e. The van der Waals surface area contributed by atoms with Gasteiger partial charge in [-0.15, -0.1) is 10.2 Å². The number of likely N-dealkylation sites (N-methyl/N-ethyl adjacent to an activating group) is 1. The number of nitrogens with zero attached hydrogens (tertiary/aromatic N) is 4. The summed E-state index contributed by atoms with van der Waals surface area (Å²) in [5, 5.41) is 24.3. The van der Waals surface area contributed by atoms with E-state index in [1.165, 1.54) is 12.8 Å². The number of fused-ring (bicyclic) bond motifs is 2. The van der Waals surface area contributed by atoms with Crippen molar-refractivity contribution in [2.75, 3.05) is 25.0 Å². The molecule has 160 valence electrons. The van der Waals surface area contributed by atoms with Crippen LogP contribution in [0.1, 0.15) is 24.1 Å². The fraction of sp³-hybridized carbons (Fsp3) is 0.304. The molecule has 4 rings (SSSR count). The van der Waals surface area contributed by atoms with Crippen molar-refractivity contribution in [2.24, 2.45) is 0 Å². The largest absolute Gasteiger partial charge is 0.478 e. The first-order chi connectivity index (χ1) is 14.9. The molecular formula is C23H24N4O4. The van der Waals surface area contributed by atoms with Gasteiger partial charge in [0.15, 0.2) is 5.82 Å². The van der Waals surface area contributed by atoms with E-state index in [1.54, 1.807) is 0 Å². The van der Waals surface area contributed by atoms with Crippen LogP contribution < -0.4 is 4.90 Å². The Bertz CT molecular complexity index is 966. The highest BCUT2D eigenvalue weighted by atomic mass is 16.4. The zero-order chi connectivity index (χ0) is 22.2. The second-order valence-electron chi connectivity index (χ2n) is 7.36. The van der Waals surface area contributed by atoms with Crippen LogP contribution in [0.3, 0.4) is 0 Å². The molecule has 2 unspecified atom stereocenters. The van der Waals surface area contributed by atoms with Gasteiger partial charge in [-0.05, 0) is 50.1 Å². The third-order valence-corrected chi connectivity index (χ3v) is 5.30. The molecule has 0 saturated carbocycles. The smallest absolute Gasteiger partial charge is 0.328 e. The van der Waals surface area contributed by atoms with Gasteiger partial charge in [-0.25, -0.2) is 9.59 Å². The lowest BCUT2D eigenvalue weighted by Crippen LogP contribution is -2.52. The van der Waals surface area contributed by atoms with Crippen molar-refractivity contribution in [3.05, 3.63) is 65.9 Å². The average Bonchev–Trinajstić information content (AvgIpc) is 2.98. The number of carboxylic acid groups (broad SMARTS) is 2. The van der Waals surface area contributed by atoms with Crippen LogP contribution >= 0.6 is 0 Å². The van der Waals surface area contributed by atoms with Gasteiger partial charge in [-0.1, -0.05) is 24.1 Å². The fourth-order valence-corrected chi connectivity index (χ4v) is 3.66. The van der Waals surface area contributed by atoms with Crippen molar-refractivity contribution >= 4 is 17.8 Å². The molecule has 8 heteroatoms. The topological polar surface area (TPSA) is 107 Å². The van der Waals surface area contributed by atoms with Crippen LogP contribution in [-0.2, 0) is 9.59 Å². The Morgan fingerprint density at radius 1 is 0.935 bits per heavy atom. The minimum atomic E-state index is -1.26. The quantitative estimate of drug-likeness (QED) is 0.573. The predicted octanol–water partition coefficient (Wildman–Crippen LogP) is 1.87. The number of hydrogen-bond acceptors (Lipinski definition) is 6. The van der Waals surface area contributed by atoms with E-state index in [9.17, 15) is 9.59 Å². The first-order valence-electron chi connectivity index (χ1n) is 9.94. The molecule has 1 aromatic carbocycles. The van der Waals surface area contributed by atoms with Crippen LogP contribution in [0.25, 0.3) is 0 Å². The van der Waals surface area contributed by atoms with Crippen molar-refractivity contribution in [2.45, 2.75) is 24.9 Å².